The second kappa shape index (κ2) is 10.8. The molecule has 0 heterocycles. The monoisotopic (exact) mass is 502 g/mol. The van der Waals surface area contributed by atoms with Gasteiger partial charge in [0.2, 0.25) is 0 Å². The summed E-state index contributed by atoms with van der Waals surface area (Å²) in [6.45, 7) is 2.91. The minimum absolute atomic E-state index is 0.300. The SMILES string of the molecule is CCOc1ccc(C(=O)N/N=C\c2c(OCc3cccc(Br)c3)ccc3ccccc23)cc1. The highest BCUT2D eigenvalue weighted by Crippen LogP contribution is 2.27. The quantitative estimate of drug-likeness (QED) is 0.225. The fraction of sp³-hybridized carbons (Fsp3) is 0.111. The van der Waals surface area contributed by atoms with Crippen molar-refractivity contribution < 1.29 is 14.3 Å². The second-order valence-electron chi connectivity index (χ2n) is 7.27. The summed E-state index contributed by atoms with van der Waals surface area (Å²) >= 11 is 3.49. The van der Waals surface area contributed by atoms with Crippen molar-refractivity contribution in [1.82, 2.24) is 5.43 Å². The molecule has 4 rings (SSSR count). The number of hydrogen-bond donors (Lipinski definition) is 1. The topological polar surface area (TPSA) is 59.9 Å². The molecule has 1 amide bonds. The summed E-state index contributed by atoms with van der Waals surface area (Å²) in [5.74, 6) is 1.11. The van der Waals surface area contributed by atoms with Crippen molar-refractivity contribution in [3.63, 3.8) is 0 Å². The van der Waals surface area contributed by atoms with Crippen LogP contribution in [0.15, 0.2) is 94.5 Å². The van der Waals surface area contributed by atoms with Crippen LogP contribution in [-0.2, 0) is 6.61 Å². The van der Waals surface area contributed by atoms with E-state index in [1.54, 1.807) is 30.5 Å². The van der Waals surface area contributed by atoms with E-state index in [0.717, 1.165) is 32.1 Å². The highest BCUT2D eigenvalue weighted by molar-refractivity contribution is 9.10. The molecule has 0 aromatic heterocycles. The lowest BCUT2D eigenvalue weighted by atomic mass is 10.0. The summed E-state index contributed by atoms with van der Waals surface area (Å²) in [5.41, 5.74) is 4.95. The number of amides is 1. The van der Waals surface area contributed by atoms with E-state index in [1.165, 1.54) is 0 Å². The third kappa shape index (κ3) is 5.79. The zero-order valence-electron chi connectivity index (χ0n) is 18.1. The van der Waals surface area contributed by atoms with Gasteiger partial charge in [0.15, 0.2) is 0 Å². The van der Waals surface area contributed by atoms with Crippen LogP contribution in [0.2, 0.25) is 0 Å². The van der Waals surface area contributed by atoms with Crippen LogP contribution in [0.5, 0.6) is 11.5 Å². The number of ether oxygens (including phenoxy) is 2. The number of nitrogens with one attached hydrogen (secondary N) is 1. The molecule has 0 radical (unpaired) electrons. The number of hydrazone groups is 1. The van der Waals surface area contributed by atoms with Crippen molar-refractivity contribution >= 4 is 38.8 Å². The molecule has 4 aromatic carbocycles. The number of carbonyl (C=O) groups is 1. The van der Waals surface area contributed by atoms with Crippen molar-refractivity contribution in [2.75, 3.05) is 6.61 Å². The van der Waals surface area contributed by atoms with E-state index in [1.807, 2.05) is 67.6 Å². The van der Waals surface area contributed by atoms with Crippen LogP contribution in [0.1, 0.15) is 28.4 Å². The van der Waals surface area contributed by atoms with Crippen molar-refractivity contribution in [1.29, 1.82) is 0 Å². The van der Waals surface area contributed by atoms with E-state index >= 15 is 0 Å². The average Bonchev–Trinajstić information content (AvgIpc) is 2.84. The molecule has 0 aliphatic carbocycles. The van der Waals surface area contributed by atoms with Crippen LogP contribution in [-0.4, -0.2) is 18.7 Å². The number of fused-ring (bicyclic) bond motifs is 1. The van der Waals surface area contributed by atoms with Crippen LogP contribution in [0.25, 0.3) is 10.8 Å². The molecule has 5 nitrogen and oxygen atoms in total. The smallest absolute Gasteiger partial charge is 0.271 e. The van der Waals surface area contributed by atoms with Gasteiger partial charge in [-0.05, 0) is 65.7 Å². The van der Waals surface area contributed by atoms with Crippen molar-refractivity contribution in [2.24, 2.45) is 5.10 Å². The Bertz CT molecular complexity index is 1290. The molecular formula is C27H23BrN2O3. The Balaban J connectivity index is 1.54. The van der Waals surface area contributed by atoms with Gasteiger partial charge in [-0.2, -0.15) is 5.10 Å². The molecule has 0 unspecified atom stereocenters. The number of nitrogens with zero attached hydrogens (tertiary/aromatic N) is 1. The van der Waals surface area contributed by atoms with Gasteiger partial charge in [-0.15, -0.1) is 0 Å². The Hall–Kier alpha value is -3.64. The maximum absolute atomic E-state index is 12.5. The molecule has 0 atom stereocenters. The van der Waals surface area contributed by atoms with E-state index in [-0.39, 0.29) is 5.91 Å². The summed E-state index contributed by atoms with van der Waals surface area (Å²) in [4.78, 5) is 12.5. The Morgan fingerprint density at radius 3 is 2.58 bits per heavy atom. The molecule has 0 fully saturated rings. The zero-order chi connectivity index (χ0) is 23.0. The lowest BCUT2D eigenvalue weighted by molar-refractivity contribution is 0.0955. The summed E-state index contributed by atoms with van der Waals surface area (Å²) in [7, 11) is 0. The van der Waals surface area contributed by atoms with Crippen LogP contribution in [0.3, 0.4) is 0 Å². The maximum atomic E-state index is 12.5. The molecule has 4 aromatic rings. The Kier molecular flexibility index (Phi) is 7.37. The third-order valence-corrected chi connectivity index (χ3v) is 5.49. The standard InChI is InChI=1S/C27H23BrN2O3/c1-2-32-23-13-10-21(11-14-23)27(31)30-29-17-25-24-9-4-3-7-20(24)12-15-26(25)33-18-19-6-5-8-22(28)16-19/h3-17H,2,18H2,1H3,(H,30,31)/b29-17-. The molecular weight excluding hydrogens is 480 g/mol. The third-order valence-electron chi connectivity index (χ3n) is 5.00. The molecule has 0 spiro atoms. The molecule has 0 saturated heterocycles. The molecule has 0 saturated carbocycles. The highest BCUT2D eigenvalue weighted by Gasteiger charge is 2.09. The first kappa shape index (κ1) is 22.6. The normalized spacial score (nSPS) is 11.0. The number of carbonyl (C=O) groups excluding carboxylic acids is 1. The predicted molar refractivity (Wildman–Crippen MR) is 135 cm³/mol. The number of benzene rings is 4. The summed E-state index contributed by atoms with van der Waals surface area (Å²) in [6, 6.07) is 26.9. The largest absolute Gasteiger partial charge is 0.494 e. The summed E-state index contributed by atoms with van der Waals surface area (Å²) in [6.07, 6.45) is 1.63. The van der Waals surface area contributed by atoms with Gasteiger partial charge in [0.1, 0.15) is 18.1 Å². The molecule has 0 bridgehead atoms. The fourth-order valence-electron chi connectivity index (χ4n) is 3.41. The minimum atomic E-state index is -0.300. The van der Waals surface area contributed by atoms with Crippen molar-refractivity contribution in [2.45, 2.75) is 13.5 Å². The first-order valence-corrected chi connectivity index (χ1v) is 11.4. The first-order valence-electron chi connectivity index (χ1n) is 10.6. The van der Waals surface area contributed by atoms with E-state index in [9.17, 15) is 4.79 Å². The fourth-order valence-corrected chi connectivity index (χ4v) is 3.86. The van der Waals surface area contributed by atoms with Gasteiger partial charge < -0.3 is 9.47 Å². The van der Waals surface area contributed by atoms with Gasteiger partial charge >= 0.3 is 0 Å². The molecule has 6 heteroatoms. The van der Waals surface area contributed by atoms with Gasteiger partial charge in [0.05, 0.1) is 12.8 Å². The van der Waals surface area contributed by atoms with E-state index in [2.05, 4.69) is 26.5 Å². The van der Waals surface area contributed by atoms with E-state index in [4.69, 9.17) is 9.47 Å². The zero-order valence-corrected chi connectivity index (χ0v) is 19.7. The molecule has 1 N–H and O–H groups in total. The Labute approximate surface area is 201 Å². The van der Waals surface area contributed by atoms with Crippen LogP contribution < -0.4 is 14.9 Å². The van der Waals surface area contributed by atoms with Gasteiger partial charge in [-0.3, -0.25) is 4.79 Å². The number of rotatable bonds is 8. The van der Waals surface area contributed by atoms with E-state index < -0.39 is 0 Å². The minimum Gasteiger partial charge on any atom is -0.494 e. The van der Waals surface area contributed by atoms with E-state index in [0.29, 0.717) is 24.5 Å². The van der Waals surface area contributed by atoms with Gasteiger partial charge in [-0.1, -0.05) is 58.4 Å². The van der Waals surface area contributed by atoms with Crippen molar-refractivity contribution in [3.05, 3.63) is 106 Å². The highest BCUT2D eigenvalue weighted by atomic mass is 79.9. The van der Waals surface area contributed by atoms with Crippen LogP contribution in [0, 0.1) is 0 Å². The summed E-state index contributed by atoms with van der Waals surface area (Å²) < 4.78 is 12.5. The first-order chi connectivity index (χ1) is 16.1. The van der Waals surface area contributed by atoms with Gasteiger partial charge in [0, 0.05) is 15.6 Å². The predicted octanol–water partition coefficient (Wildman–Crippen LogP) is 6.34. The molecule has 0 aliphatic heterocycles. The average molecular weight is 503 g/mol. The lowest BCUT2D eigenvalue weighted by Crippen LogP contribution is -2.17. The Morgan fingerprint density at radius 2 is 1.79 bits per heavy atom. The van der Waals surface area contributed by atoms with Crippen LogP contribution in [0.4, 0.5) is 0 Å². The molecule has 33 heavy (non-hydrogen) atoms. The second-order valence-corrected chi connectivity index (χ2v) is 8.19. The molecule has 166 valence electrons. The number of hydrogen-bond acceptors (Lipinski definition) is 4. The lowest BCUT2D eigenvalue weighted by Gasteiger charge is -2.12. The number of halogens is 1. The van der Waals surface area contributed by atoms with Crippen molar-refractivity contribution in [3.8, 4) is 11.5 Å². The maximum Gasteiger partial charge on any atom is 0.271 e. The summed E-state index contributed by atoms with van der Waals surface area (Å²) in [5, 5.41) is 6.26. The van der Waals surface area contributed by atoms with Gasteiger partial charge in [-0.25, -0.2) is 5.43 Å². The van der Waals surface area contributed by atoms with Crippen LogP contribution >= 0.6 is 15.9 Å². The Morgan fingerprint density at radius 1 is 0.970 bits per heavy atom. The van der Waals surface area contributed by atoms with Gasteiger partial charge in [0.25, 0.3) is 5.91 Å². The molecule has 0 aliphatic rings.